The Labute approximate surface area is 313 Å². The number of esters is 1. The number of methoxy groups -OCH3 is 3. The van der Waals surface area contributed by atoms with Crippen LogP contribution in [0.3, 0.4) is 0 Å². The average Bonchev–Trinajstić information content (AvgIpc) is 3.60. The first kappa shape index (κ1) is 45.1. The summed E-state index contributed by atoms with van der Waals surface area (Å²) in [6.45, 7) is 17.0. The number of benzene rings is 1. The van der Waals surface area contributed by atoms with Crippen LogP contribution in [0.2, 0.25) is 0 Å². The molecule has 1 fully saturated rings. The molecule has 0 aliphatic carbocycles. The summed E-state index contributed by atoms with van der Waals surface area (Å²) < 4.78 is 17.0. The van der Waals surface area contributed by atoms with Gasteiger partial charge in [0.15, 0.2) is 0 Å². The predicted molar refractivity (Wildman–Crippen MR) is 204 cm³/mol. The number of nitrogens with one attached hydrogen (secondary N) is 2. The van der Waals surface area contributed by atoms with E-state index in [4.69, 9.17) is 19.9 Å². The highest BCUT2D eigenvalue weighted by atomic mass is 16.5. The zero-order chi connectivity index (χ0) is 39.3. The maximum Gasteiger partial charge on any atom is 0.328 e. The predicted octanol–water partition coefficient (Wildman–Crippen LogP) is 3.79. The van der Waals surface area contributed by atoms with Crippen molar-refractivity contribution in [3.63, 3.8) is 0 Å². The van der Waals surface area contributed by atoms with E-state index in [0.29, 0.717) is 19.5 Å². The second-order valence-corrected chi connectivity index (χ2v) is 15.6. The number of ether oxygens (including phenoxy) is 3. The number of likely N-dealkylation sites (N-methyl/N-ethyl adjacent to an activating group) is 1. The molecule has 9 unspecified atom stereocenters. The normalized spacial score (nSPS) is 20.1. The minimum absolute atomic E-state index is 0.0318. The molecule has 12 heteroatoms. The zero-order valence-electron chi connectivity index (χ0n) is 33.9. The molecule has 4 N–H and O–H groups in total. The number of carbonyl (C=O) groups excluding carboxylic acids is 4. The van der Waals surface area contributed by atoms with E-state index in [0.717, 1.165) is 18.4 Å². The number of hydrogen-bond acceptors (Lipinski definition) is 9. The third kappa shape index (κ3) is 12.0. The van der Waals surface area contributed by atoms with Crippen molar-refractivity contribution in [2.24, 2.45) is 29.4 Å². The third-order valence-corrected chi connectivity index (χ3v) is 11.4. The van der Waals surface area contributed by atoms with E-state index < -0.39 is 35.7 Å². The molecule has 0 radical (unpaired) electrons. The van der Waals surface area contributed by atoms with E-state index in [1.54, 1.807) is 28.1 Å². The number of likely N-dealkylation sites (tertiary alicyclic amines) is 1. The quantitative estimate of drug-likeness (QED) is 0.161. The molecule has 1 aliphatic heterocycles. The topological polar surface area (TPSA) is 153 Å². The van der Waals surface area contributed by atoms with E-state index in [1.807, 2.05) is 56.1 Å². The first-order valence-electron chi connectivity index (χ1n) is 19.0. The van der Waals surface area contributed by atoms with Crippen molar-refractivity contribution >= 4 is 23.7 Å². The molecule has 1 aromatic rings. The number of amides is 3. The molecule has 9 atom stereocenters. The Morgan fingerprint density at radius 3 is 2.15 bits per heavy atom. The number of hydrogen-bond donors (Lipinski definition) is 3. The average molecular weight is 732 g/mol. The monoisotopic (exact) mass is 732 g/mol. The molecule has 12 nitrogen and oxygen atoms in total. The van der Waals surface area contributed by atoms with Gasteiger partial charge in [-0.15, -0.1) is 0 Å². The van der Waals surface area contributed by atoms with Gasteiger partial charge in [0, 0.05) is 45.8 Å². The Morgan fingerprint density at radius 2 is 1.63 bits per heavy atom. The second-order valence-electron chi connectivity index (χ2n) is 15.6. The molecule has 1 aliphatic rings. The minimum Gasteiger partial charge on any atom is -0.467 e. The van der Waals surface area contributed by atoms with Crippen molar-refractivity contribution < 1.29 is 33.4 Å². The van der Waals surface area contributed by atoms with Crippen LogP contribution in [0.1, 0.15) is 86.6 Å². The fourth-order valence-corrected chi connectivity index (χ4v) is 7.18. The van der Waals surface area contributed by atoms with Gasteiger partial charge in [-0.25, -0.2) is 4.79 Å². The summed E-state index contributed by atoms with van der Waals surface area (Å²) in [5, 5.41) is 6.09. The Kier molecular flexibility index (Phi) is 18.2. The van der Waals surface area contributed by atoms with Gasteiger partial charge in [0.2, 0.25) is 17.7 Å². The maximum atomic E-state index is 14.2. The van der Waals surface area contributed by atoms with Crippen molar-refractivity contribution in [3.8, 4) is 0 Å². The number of nitrogens with zero attached hydrogens (tertiary/aromatic N) is 2. The molecule has 2 rings (SSSR count). The van der Waals surface area contributed by atoms with Crippen LogP contribution in [-0.4, -0.2) is 117 Å². The summed E-state index contributed by atoms with van der Waals surface area (Å²) >= 11 is 0. The van der Waals surface area contributed by atoms with Gasteiger partial charge in [-0.05, 0) is 50.1 Å². The Hall–Kier alpha value is -3.06. The lowest BCUT2D eigenvalue weighted by Crippen LogP contribution is -2.60. The van der Waals surface area contributed by atoms with Gasteiger partial charge in [-0.2, -0.15) is 0 Å². The van der Waals surface area contributed by atoms with Gasteiger partial charge in [-0.1, -0.05) is 85.2 Å². The van der Waals surface area contributed by atoms with Crippen LogP contribution in [0.25, 0.3) is 0 Å². The molecule has 1 heterocycles. The van der Waals surface area contributed by atoms with Crippen molar-refractivity contribution in [1.82, 2.24) is 20.4 Å². The summed E-state index contributed by atoms with van der Waals surface area (Å²) in [7, 11) is 6.53. The van der Waals surface area contributed by atoms with Gasteiger partial charge in [0.1, 0.15) is 6.04 Å². The fourth-order valence-electron chi connectivity index (χ4n) is 7.18. The Balaban J connectivity index is 2.23. The van der Waals surface area contributed by atoms with Crippen LogP contribution in [0, 0.1) is 23.7 Å². The van der Waals surface area contributed by atoms with Crippen molar-refractivity contribution in [1.29, 1.82) is 0 Å². The van der Waals surface area contributed by atoms with Crippen LogP contribution < -0.4 is 16.4 Å². The number of carbonyl (C=O) groups is 4. The molecule has 52 heavy (non-hydrogen) atoms. The highest BCUT2D eigenvalue weighted by Crippen LogP contribution is 2.29. The fraction of sp³-hybridized carbons (Fsp3) is 0.750. The van der Waals surface area contributed by atoms with Gasteiger partial charge in [0.05, 0.1) is 43.2 Å². The number of rotatable bonds is 21. The first-order valence-corrected chi connectivity index (χ1v) is 19.0. The Morgan fingerprint density at radius 1 is 1.00 bits per heavy atom. The molecule has 3 amide bonds. The molecular weight excluding hydrogens is 662 g/mol. The third-order valence-electron chi connectivity index (χ3n) is 11.4. The molecule has 1 saturated heterocycles. The lowest BCUT2D eigenvalue weighted by Gasteiger charge is -2.41. The standard InChI is InChI=1S/C40H69N5O7/c1-13-27(6)35(44(9)24-31(25(2)3)43-39(49)40(8,41)26(4)5)33(50-10)23-34(46)45-21-17-20-32(45)36(51-11)28(7)37(47)42-30(38(48)52-12)22-29-18-15-14-16-19-29/h14-16,18-19,25-28,30-33,35-36H,13,17,20-24,41H2,1-12H3,(H,42,47)(H,43,49). The van der Waals surface area contributed by atoms with Crippen LogP contribution in [0.15, 0.2) is 30.3 Å². The van der Waals surface area contributed by atoms with Crippen molar-refractivity contribution in [2.45, 2.75) is 129 Å². The van der Waals surface area contributed by atoms with E-state index in [-0.39, 0.29) is 66.4 Å². The highest BCUT2D eigenvalue weighted by Gasteiger charge is 2.42. The molecule has 0 saturated carbocycles. The lowest BCUT2D eigenvalue weighted by atomic mass is 9.87. The Bertz CT molecular complexity index is 1280. The largest absolute Gasteiger partial charge is 0.467 e. The van der Waals surface area contributed by atoms with Gasteiger partial charge in [0.25, 0.3) is 0 Å². The lowest BCUT2D eigenvalue weighted by molar-refractivity contribution is -0.147. The van der Waals surface area contributed by atoms with Gasteiger partial charge < -0.3 is 35.5 Å². The van der Waals surface area contributed by atoms with Crippen LogP contribution in [-0.2, 0) is 39.8 Å². The summed E-state index contributed by atoms with van der Waals surface area (Å²) in [6, 6.07) is 7.97. The van der Waals surface area contributed by atoms with Crippen molar-refractivity contribution in [3.05, 3.63) is 35.9 Å². The van der Waals surface area contributed by atoms with Crippen LogP contribution in [0.4, 0.5) is 0 Å². The SMILES string of the molecule is CCC(C)C(C(CC(=O)N1CCCC1C(OC)C(C)C(=O)NC(Cc1ccccc1)C(=O)OC)OC)N(C)CC(NC(=O)C(C)(N)C(C)C)C(C)C. The van der Waals surface area contributed by atoms with Crippen LogP contribution >= 0.6 is 0 Å². The highest BCUT2D eigenvalue weighted by molar-refractivity contribution is 5.87. The zero-order valence-corrected chi connectivity index (χ0v) is 33.9. The summed E-state index contributed by atoms with van der Waals surface area (Å²) in [5.41, 5.74) is 6.30. The molecular formula is C40H69N5O7. The molecule has 296 valence electrons. The van der Waals surface area contributed by atoms with Crippen molar-refractivity contribution in [2.75, 3.05) is 41.5 Å². The van der Waals surface area contributed by atoms with E-state index in [1.165, 1.54) is 7.11 Å². The van der Waals surface area contributed by atoms with Crippen LogP contribution in [0.5, 0.6) is 0 Å². The number of nitrogens with two attached hydrogens (primary N) is 1. The second kappa shape index (κ2) is 21.0. The van der Waals surface area contributed by atoms with E-state index >= 15 is 0 Å². The molecule has 0 aromatic heterocycles. The molecule has 0 spiro atoms. The summed E-state index contributed by atoms with van der Waals surface area (Å²) in [6.07, 6.45) is 1.76. The maximum absolute atomic E-state index is 14.2. The summed E-state index contributed by atoms with van der Waals surface area (Å²) in [5.74, 6) is -1.48. The first-order chi connectivity index (χ1) is 24.4. The molecule has 0 bridgehead atoms. The smallest absolute Gasteiger partial charge is 0.328 e. The minimum atomic E-state index is -1.00. The van der Waals surface area contributed by atoms with E-state index in [9.17, 15) is 19.2 Å². The van der Waals surface area contributed by atoms with E-state index in [2.05, 4.69) is 43.2 Å². The molecule has 1 aromatic carbocycles. The summed E-state index contributed by atoms with van der Waals surface area (Å²) in [4.78, 5) is 57.7. The van der Waals surface area contributed by atoms with Gasteiger partial charge in [-0.3, -0.25) is 19.3 Å². The van der Waals surface area contributed by atoms with Gasteiger partial charge >= 0.3 is 5.97 Å².